The van der Waals surface area contributed by atoms with Crippen molar-refractivity contribution in [1.29, 1.82) is 0 Å². The van der Waals surface area contributed by atoms with Gasteiger partial charge in [0.15, 0.2) is 0 Å². The number of benzene rings is 1. The summed E-state index contributed by atoms with van der Waals surface area (Å²) >= 11 is 3.19. The first-order chi connectivity index (χ1) is 12.0. The van der Waals surface area contributed by atoms with Crippen molar-refractivity contribution in [2.24, 2.45) is 0 Å². The largest absolute Gasteiger partial charge is 0.480 e. The van der Waals surface area contributed by atoms with Crippen LogP contribution in [-0.2, 0) is 21.9 Å². The Morgan fingerprint density at radius 1 is 1.36 bits per heavy atom. The fourth-order valence-corrected chi connectivity index (χ4v) is 3.86. The number of aromatic nitrogens is 1. The third kappa shape index (κ3) is 7.15. The quantitative estimate of drug-likeness (QED) is 0.648. The number of rotatable bonds is 9. The molecule has 0 bridgehead atoms. The number of ether oxygens (including phenoxy) is 1. The zero-order valence-corrected chi connectivity index (χ0v) is 15.4. The van der Waals surface area contributed by atoms with Gasteiger partial charge in [0.25, 0.3) is 0 Å². The van der Waals surface area contributed by atoms with Crippen LogP contribution in [0.5, 0.6) is 0 Å². The maximum atomic E-state index is 11.8. The van der Waals surface area contributed by atoms with Gasteiger partial charge in [-0.1, -0.05) is 30.3 Å². The highest BCUT2D eigenvalue weighted by Crippen LogP contribution is 2.17. The van der Waals surface area contributed by atoms with E-state index < -0.39 is 18.1 Å². The van der Waals surface area contributed by atoms with E-state index in [2.05, 4.69) is 10.3 Å². The average Bonchev–Trinajstić information content (AvgIpc) is 3.01. The highest BCUT2D eigenvalue weighted by molar-refractivity contribution is 7.98. The van der Waals surface area contributed by atoms with E-state index in [1.807, 2.05) is 42.6 Å². The van der Waals surface area contributed by atoms with Gasteiger partial charge in [-0.25, -0.2) is 14.6 Å². The highest BCUT2D eigenvalue weighted by Gasteiger charge is 2.20. The minimum absolute atomic E-state index is 0.108. The van der Waals surface area contributed by atoms with Crippen molar-refractivity contribution in [3.05, 3.63) is 52.0 Å². The first-order valence-corrected chi connectivity index (χ1v) is 9.77. The topological polar surface area (TPSA) is 88.5 Å². The zero-order chi connectivity index (χ0) is 18.1. The van der Waals surface area contributed by atoms with Crippen LogP contribution in [0.3, 0.4) is 0 Å². The molecule has 1 aromatic heterocycles. The van der Waals surface area contributed by atoms with Crippen LogP contribution in [0.4, 0.5) is 4.79 Å². The Bertz CT molecular complexity index is 691. The Balaban J connectivity index is 1.70. The van der Waals surface area contributed by atoms with Crippen LogP contribution in [0.1, 0.15) is 22.7 Å². The van der Waals surface area contributed by atoms with E-state index in [4.69, 9.17) is 4.74 Å². The third-order valence-corrected chi connectivity index (χ3v) is 5.40. The maximum absolute atomic E-state index is 11.8. The first-order valence-electron chi connectivity index (χ1n) is 7.73. The number of aryl methyl sites for hydroxylation is 1. The Labute approximate surface area is 154 Å². The molecule has 1 atom stereocenters. The van der Waals surface area contributed by atoms with E-state index in [1.54, 1.807) is 23.1 Å². The van der Waals surface area contributed by atoms with E-state index in [-0.39, 0.29) is 6.61 Å². The summed E-state index contributed by atoms with van der Waals surface area (Å²) in [5.74, 6) is 0.278. The Kier molecular flexibility index (Phi) is 7.75. The molecule has 0 aliphatic heterocycles. The predicted octanol–water partition coefficient (Wildman–Crippen LogP) is 3.45. The van der Waals surface area contributed by atoms with E-state index in [9.17, 15) is 14.7 Å². The number of carboxylic acids is 1. The predicted molar refractivity (Wildman–Crippen MR) is 98.8 cm³/mol. The fraction of sp³-hybridized carbons (Fsp3) is 0.353. The number of hydrogen-bond acceptors (Lipinski definition) is 6. The molecule has 0 saturated heterocycles. The lowest BCUT2D eigenvalue weighted by molar-refractivity contribution is -0.139. The van der Waals surface area contributed by atoms with Crippen molar-refractivity contribution in [3.63, 3.8) is 0 Å². The molecule has 2 aromatic rings. The van der Waals surface area contributed by atoms with Crippen LogP contribution in [0.2, 0.25) is 0 Å². The van der Waals surface area contributed by atoms with Gasteiger partial charge in [0.2, 0.25) is 0 Å². The van der Waals surface area contributed by atoms with Gasteiger partial charge in [-0.05, 0) is 24.7 Å². The lowest BCUT2D eigenvalue weighted by Crippen LogP contribution is -2.41. The van der Waals surface area contributed by atoms with Crippen LogP contribution >= 0.6 is 23.1 Å². The summed E-state index contributed by atoms with van der Waals surface area (Å²) in [6.45, 7) is 2.05. The third-order valence-electron chi connectivity index (χ3n) is 3.25. The normalized spacial score (nSPS) is 11.7. The molecule has 1 heterocycles. The van der Waals surface area contributed by atoms with Gasteiger partial charge in [0, 0.05) is 16.8 Å². The number of alkyl carbamates (subject to hydrolysis) is 1. The molecule has 0 radical (unpaired) electrons. The number of carboxylic acid groups (broad SMARTS) is 1. The van der Waals surface area contributed by atoms with Crippen molar-refractivity contribution in [2.75, 3.05) is 5.75 Å². The monoisotopic (exact) mass is 380 g/mol. The molecule has 0 aliphatic carbocycles. The van der Waals surface area contributed by atoms with Crippen LogP contribution < -0.4 is 5.32 Å². The van der Waals surface area contributed by atoms with E-state index in [0.717, 1.165) is 22.0 Å². The van der Waals surface area contributed by atoms with Crippen LogP contribution in [0, 0.1) is 6.92 Å². The van der Waals surface area contributed by atoms with Crippen LogP contribution in [0.15, 0.2) is 35.7 Å². The van der Waals surface area contributed by atoms with Gasteiger partial charge in [-0.3, -0.25) is 0 Å². The zero-order valence-electron chi connectivity index (χ0n) is 13.8. The Morgan fingerprint density at radius 2 is 2.12 bits per heavy atom. The highest BCUT2D eigenvalue weighted by atomic mass is 32.2. The molecule has 0 spiro atoms. The van der Waals surface area contributed by atoms with Gasteiger partial charge in [-0.2, -0.15) is 11.8 Å². The van der Waals surface area contributed by atoms with Gasteiger partial charge in [0.1, 0.15) is 17.7 Å². The number of hydrogen-bond donors (Lipinski definition) is 2. The van der Waals surface area contributed by atoms with E-state index in [1.165, 1.54) is 0 Å². The number of aliphatic carboxylic acids is 1. The number of nitrogens with one attached hydrogen (secondary N) is 1. The summed E-state index contributed by atoms with van der Waals surface area (Å²) < 4.78 is 5.06. The number of nitrogens with zero attached hydrogens (tertiary/aromatic N) is 1. The molecule has 2 rings (SSSR count). The molecule has 0 aliphatic rings. The molecule has 1 aromatic carbocycles. The molecule has 134 valence electrons. The second kappa shape index (κ2) is 10.0. The van der Waals surface area contributed by atoms with Gasteiger partial charge >= 0.3 is 12.1 Å². The fourth-order valence-electron chi connectivity index (χ4n) is 1.99. The van der Waals surface area contributed by atoms with Crippen molar-refractivity contribution in [3.8, 4) is 0 Å². The molecular formula is C17H20N2O4S2. The molecule has 8 heteroatoms. The molecule has 25 heavy (non-hydrogen) atoms. The van der Waals surface area contributed by atoms with Gasteiger partial charge < -0.3 is 15.2 Å². The van der Waals surface area contributed by atoms with Crippen molar-refractivity contribution < 1.29 is 19.4 Å². The first kappa shape index (κ1) is 19.3. The SMILES string of the molecule is Cc1csc(CSCCC(NC(=O)OCc2ccccc2)C(=O)O)n1. The summed E-state index contributed by atoms with van der Waals surface area (Å²) in [5, 5.41) is 14.6. The average molecular weight is 380 g/mol. The number of carbonyl (C=O) groups is 2. The molecule has 6 nitrogen and oxygen atoms in total. The lowest BCUT2D eigenvalue weighted by Gasteiger charge is -2.14. The standard InChI is InChI=1S/C17H20N2O4S2/c1-12-10-25-15(18-12)11-24-8-7-14(16(20)21)19-17(22)23-9-13-5-3-2-4-6-13/h2-6,10,14H,7-9,11H2,1H3,(H,19,22)(H,20,21). The molecular weight excluding hydrogens is 360 g/mol. The maximum Gasteiger partial charge on any atom is 0.408 e. The van der Waals surface area contributed by atoms with Crippen LogP contribution in [-0.4, -0.2) is 33.9 Å². The smallest absolute Gasteiger partial charge is 0.408 e. The Morgan fingerprint density at radius 3 is 2.76 bits per heavy atom. The number of thioether (sulfide) groups is 1. The van der Waals surface area contributed by atoms with E-state index in [0.29, 0.717) is 12.2 Å². The number of carbonyl (C=O) groups excluding carboxylic acids is 1. The summed E-state index contributed by atoms with van der Waals surface area (Å²) in [4.78, 5) is 27.4. The summed E-state index contributed by atoms with van der Waals surface area (Å²) in [6, 6.07) is 8.26. The van der Waals surface area contributed by atoms with Gasteiger partial charge in [-0.15, -0.1) is 11.3 Å². The second-order valence-electron chi connectivity index (χ2n) is 5.32. The number of amides is 1. The van der Waals surface area contributed by atoms with Crippen molar-refractivity contribution >= 4 is 35.2 Å². The molecule has 2 N–H and O–H groups in total. The van der Waals surface area contributed by atoms with Crippen LogP contribution in [0.25, 0.3) is 0 Å². The minimum Gasteiger partial charge on any atom is -0.480 e. The summed E-state index contributed by atoms with van der Waals surface area (Å²) in [5.41, 5.74) is 1.84. The molecule has 0 fully saturated rings. The van der Waals surface area contributed by atoms with Crippen molar-refractivity contribution in [2.45, 2.75) is 31.7 Å². The molecule has 1 unspecified atom stereocenters. The second-order valence-corrected chi connectivity index (χ2v) is 7.37. The molecule has 0 saturated carbocycles. The van der Waals surface area contributed by atoms with E-state index >= 15 is 0 Å². The minimum atomic E-state index is -1.07. The summed E-state index contributed by atoms with van der Waals surface area (Å²) in [7, 11) is 0. The van der Waals surface area contributed by atoms with Gasteiger partial charge in [0.05, 0.1) is 0 Å². The number of thiazole rings is 1. The summed E-state index contributed by atoms with van der Waals surface area (Å²) in [6.07, 6.45) is -0.401. The van der Waals surface area contributed by atoms with Crippen molar-refractivity contribution in [1.82, 2.24) is 10.3 Å². The lowest BCUT2D eigenvalue weighted by atomic mass is 10.2. The Hall–Kier alpha value is -2.06. The molecule has 1 amide bonds.